The second kappa shape index (κ2) is 11.1. The molecule has 222 valence electrons. The topological polar surface area (TPSA) is 145 Å². The molecule has 0 radical (unpaired) electrons. The lowest BCUT2D eigenvalue weighted by molar-refractivity contribution is 0.103. The minimum atomic E-state index is -3.73. The standard InChI is InChI=1S/C30H28F2N6O4S/c1-17-11-28(42-27-6-3-2-5-22(27)32)34-16-26(17)38-30(33)21(15-35-38)29(39)25-13-19-12-20(18-7-8-18)24(14-23(19)36-25)37-43(40,41)10-4-9-31/h2-3,5-6,11-16,18,36-37H,4,7-10,33H2,1H3. The zero-order valence-electron chi connectivity index (χ0n) is 23.1. The van der Waals surface area contributed by atoms with Crippen molar-refractivity contribution >= 4 is 38.2 Å². The van der Waals surface area contributed by atoms with E-state index in [0.29, 0.717) is 22.5 Å². The lowest BCUT2D eigenvalue weighted by Gasteiger charge is -2.12. The number of carbonyl (C=O) groups excluding carboxylic acids is 1. The summed E-state index contributed by atoms with van der Waals surface area (Å²) in [6.45, 7) is 1.06. The van der Waals surface area contributed by atoms with Gasteiger partial charge in [0.15, 0.2) is 11.6 Å². The van der Waals surface area contributed by atoms with Crippen LogP contribution in [0.1, 0.15) is 52.4 Å². The number of para-hydroxylation sites is 1. The fraction of sp³-hybridized carbons (Fsp3) is 0.233. The molecule has 43 heavy (non-hydrogen) atoms. The molecule has 1 fully saturated rings. The van der Waals surface area contributed by atoms with Crippen molar-refractivity contribution in [1.29, 1.82) is 0 Å². The van der Waals surface area contributed by atoms with Crippen molar-refractivity contribution in [2.45, 2.75) is 32.1 Å². The molecule has 6 rings (SSSR count). The van der Waals surface area contributed by atoms with Crippen LogP contribution in [0.4, 0.5) is 20.3 Å². The number of carbonyl (C=O) groups is 1. The Kier molecular flexibility index (Phi) is 7.34. The van der Waals surface area contributed by atoms with Crippen molar-refractivity contribution in [3.8, 4) is 17.3 Å². The van der Waals surface area contributed by atoms with E-state index < -0.39 is 28.3 Å². The summed E-state index contributed by atoms with van der Waals surface area (Å²) in [7, 11) is -3.73. The molecule has 0 aliphatic heterocycles. The number of nitrogens with one attached hydrogen (secondary N) is 2. The number of pyridine rings is 1. The van der Waals surface area contributed by atoms with Gasteiger partial charge in [0.1, 0.15) is 5.82 Å². The van der Waals surface area contributed by atoms with Crippen LogP contribution in [0.2, 0.25) is 0 Å². The Balaban J connectivity index is 1.27. The number of ether oxygens (including phenoxy) is 1. The van der Waals surface area contributed by atoms with Crippen LogP contribution in [0.15, 0.2) is 60.9 Å². The van der Waals surface area contributed by atoms with E-state index in [9.17, 15) is 22.0 Å². The van der Waals surface area contributed by atoms with Crippen molar-refractivity contribution in [2.75, 3.05) is 22.9 Å². The van der Waals surface area contributed by atoms with E-state index in [4.69, 9.17) is 10.5 Å². The molecule has 4 N–H and O–H groups in total. The molecule has 0 atom stereocenters. The Morgan fingerprint density at radius 2 is 1.98 bits per heavy atom. The third kappa shape index (κ3) is 5.80. The Hall–Kier alpha value is -4.78. The zero-order chi connectivity index (χ0) is 30.3. The third-order valence-corrected chi connectivity index (χ3v) is 8.61. The fourth-order valence-electron chi connectivity index (χ4n) is 4.91. The number of rotatable bonds is 11. The number of halogens is 2. The lowest BCUT2D eigenvalue weighted by Crippen LogP contribution is -2.18. The zero-order valence-corrected chi connectivity index (χ0v) is 23.9. The Labute approximate surface area is 245 Å². The maximum absolute atomic E-state index is 14.0. The summed E-state index contributed by atoms with van der Waals surface area (Å²) in [6, 6.07) is 12.8. The molecule has 13 heteroatoms. The molecule has 1 aliphatic rings. The largest absolute Gasteiger partial charge is 0.436 e. The van der Waals surface area contributed by atoms with E-state index in [1.807, 2.05) is 6.07 Å². The van der Waals surface area contributed by atoms with Gasteiger partial charge in [-0.25, -0.2) is 22.5 Å². The summed E-state index contributed by atoms with van der Waals surface area (Å²) in [4.78, 5) is 20.9. The second-order valence-electron chi connectivity index (χ2n) is 10.5. The van der Waals surface area contributed by atoms with Crippen LogP contribution in [0.25, 0.3) is 16.6 Å². The summed E-state index contributed by atoms with van der Waals surface area (Å²) in [5.41, 5.74) is 9.80. The quantitative estimate of drug-likeness (QED) is 0.162. The lowest BCUT2D eigenvalue weighted by atomic mass is 10.1. The van der Waals surface area contributed by atoms with Gasteiger partial charge in [-0.1, -0.05) is 12.1 Å². The van der Waals surface area contributed by atoms with Gasteiger partial charge in [-0.2, -0.15) is 5.10 Å². The fourth-order valence-corrected chi connectivity index (χ4v) is 6.02. The summed E-state index contributed by atoms with van der Waals surface area (Å²) in [5, 5.41) is 5.06. The Morgan fingerprint density at radius 3 is 2.70 bits per heavy atom. The van der Waals surface area contributed by atoms with Crippen LogP contribution >= 0.6 is 0 Å². The monoisotopic (exact) mass is 606 g/mol. The maximum atomic E-state index is 14.0. The highest BCUT2D eigenvalue weighted by Crippen LogP contribution is 2.45. The molecule has 10 nitrogen and oxygen atoms in total. The highest BCUT2D eigenvalue weighted by molar-refractivity contribution is 7.92. The number of fused-ring (bicyclic) bond motifs is 1. The molecular formula is C30H28F2N6O4S. The number of hydrogen-bond donors (Lipinski definition) is 3. The number of nitrogens with two attached hydrogens (primary N) is 1. The molecule has 3 heterocycles. The van der Waals surface area contributed by atoms with Crippen molar-refractivity contribution in [3.05, 3.63) is 89.1 Å². The third-order valence-electron chi connectivity index (χ3n) is 7.25. The first-order valence-corrected chi connectivity index (χ1v) is 15.3. The molecular weight excluding hydrogens is 578 g/mol. The number of sulfonamides is 1. The number of hydrogen-bond acceptors (Lipinski definition) is 7. The van der Waals surface area contributed by atoms with Crippen LogP contribution in [-0.2, 0) is 10.0 Å². The van der Waals surface area contributed by atoms with E-state index in [1.54, 1.807) is 37.3 Å². The highest BCUT2D eigenvalue weighted by Gasteiger charge is 2.29. The van der Waals surface area contributed by atoms with Crippen molar-refractivity contribution < 1.29 is 26.7 Å². The van der Waals surface area contributed by atoms with E-state index in [1.165, 1.54) is 29.2 Å². The summed E-state index contributed by atoms with van der Waals surface area (Å²) in [6.07, 6.45) is 4.62. The Bertz CT molecular complexity index is 1970. The predicted molar refractivity (Wildman–Crippen MR) is 159 cm³/mol. The van der Waals surface area contributed by atoms with E-state index in [2.05, 4.69) is 19.8 Å². The number of aromatic amines is 1. The number of ketones is 1. The highest BCUT2D eigenvalue weighted by atomic mass is 32.2. The number of benzene rings is 2. The molecule has 0 spiro atoms. The first-order chi connectivity index (χ1) is 20.6. The van der Waals surface area contributed by atoms with Crippen LogP contribution in [0.3, 0.4) is 0 Å². The molecule has 2 aromatic carbocycles. The van der Waals surface area contributed by atoms with Gasteiger partial charge in [0.05, 0.1) is 47.5 Å². The first-order valence-electron chi connectivity index (χ1n) is 13.6. The van der Waals surface area contributed by atoms with Crippen LogP contribution in [0, 0.1) is 12.7 Å². The molecule has 1 aliphatic carbocycles. The van der Waals surface area contributed by atoms with E-state index in [-0.39, 0.29) is 46.8 Å². The average molecular weight is 607 g/mol. The Morgan fingerprint density at radius 1 is 1.19 bits per heavy atom. The average Bonchev–Trinajstić information content (AvgIpc) is 3.63. The van der Waals surface area contributed by atoms with Gasteiger partial charge in [0.2, 0.25) is 21.7 Å². The van der Waals surface area contributed by atoms with Gasteiger partial charge >= 0.3 is 0 Å². The first kappa shape index (κ1) is 28.3. The molecule has 3 aromatic heterocycles. The van der Waals surface area contributed by atoms with Crippen molar-refractivity contribution in [3.63, 3.8) is 0 Å². The van der Waals surface area contributed by atoms with Crippen LogP contribution in [-0.4, -0.2) is 46.4 Å². The summed E-state index contributed by atoms with van der Waals surface area (Å²) in [5.74, 6) is -0.707. The summed E-state index contributed by atoms with van der Waals surface area (Å²) >= 11 is 0. The number of alkyl halides is 1. The van der Waals surface area contributed by atoms with E-state index in [0.717, 1.165) is 23.8 Å². The number of aryl methyl sites for hydroxylation is 1. The molecule has 0 unspecified atom stereocenters. The number of aromatic nitrogens is 4. The van der Waals surface area contributed by atoms with Gasteiger partial charge in [-0.15, -0.1) is 0 Å². The molecule has 1 saturated carbocycles. The normalized spacial score (nSPS) is 13.4. The molecule has 0 saturated heterocycles. The minimum absolute atomic E-state index is 0.0394. The van der Waals surface area contributed by atoms with Gasteiger partial charge in [-0.05, 0) is 73.6 Å². The second-order valence-corrected chi connectivity index (χ2v) is 12.3. The van der Waals surface area contributed by atoms with Crippen LogP contribution in [0.5, 0.6) is 11.6 Å². The smallest absolute Gasteiger partial charge is 0.232 e. The van der Waals surface area contributed by atoms with Gasteiger partial charge in [0, 0.05) is 17.0 Å². The van der Waals surface area contributed by atoms with Crippen molar-refractivity contribution in [1.82, 2.24) is 19.7 Å². The number of H-pyrrole nitrogens is 1. The maximum Gasteiger partial charge on any atom is 0.232 e. The minimum Gasteiger partial charge on any atom is -0.436 e. The van der Waals surface area contributed by atoms with Crippen LogP contribution < -0.4 is 15.2 Å². The number of anilines is 2. The molecule has 5 aromatic rings. The van der Waals surface area contributed by atoms with Gasteiger partial charge < -0.3 is 15.5 Å². The van der Waals surface area contributed by atoms with Gasteiger partial charge in [0.25, 0.3) is 0 Å². The summed E-state index contributed by atoms with van der Waals surface area (Å²) < 4.78 is 61.1. The molecule has 0 bridgehead atoms. The van der Waals surface area contributed by atoms with E-state index >= 15 is 0 Å². The number of nitrogen functional groups attached to an aromatic ring is 1. The number of nitrogens with zero attached hydrogens (tertiary/aromatic N) is 3. The van der Waals surface area contributed by atoms with Gasteiger partial charge in [-0.3, -0.25) is 13.9 Å². The molecule has 0 amide bonds. The predicted octanol–water partition coefficient (Wildman–Crippen LogP) is 5.78. The SMILES string of the molecule is Cc1cc(Oc2ccccc2F)ncc1-n1ncc(C(=O)c2cc3cc(C4CC4)c(NS(=O)(=O)CCCF)cc3[nH]2)c1N. The van der Waals surface area contributed by atoms with Crippen molar-refractivity contribution in [2.24, 2.45) is 0 Å².